The number of fused-ring (bicyclic) bond motifs is 1. The summed E-state index contributed by atoms with van der Waals surface area (Å²) in [4.78, 5) is 49.5. The van der Waals surface area contributed by atoms with Crippen LogP contribution in [0.1, 0.15) is 29.5 Å². The van der Waals surface area contributed by atoms with Crippen LogP contribution in [0.4, 0.5) is 15.3 Å². The monoisotopic (exact) mass is 538 g/mol. The number of urea groups is 1. The second-order valence-electron chi connectivity index (χ2n) is 9.52. The molecule has 0 spiro atoms. The third kappa shape index (κ3) is 7.55. The number of carbonyl (C=O) groups excluding carboxylic acids is 3. The van der Waals surface area contributed by atoms with Crippen molar-refractivity contribution >= 4 is 41.3 Å². The number of para-hydroxylation sites is 1. The van der Waals surface area contributed by atoms with Gasteiger partial charge in [-0.1, -0.05) is 48.0 Å². The first-order valence-corrected chi connectivity index (χ1v) is 13.0. The number of carbonyl (C=O) groups is 3. The van der Waals surface area contributed by atoms with Gasteiger partial charge in [0.25, 0.3) is 5.91 Å². The SMILES string of the molecule is Cc1cccc(C[C@@H](OC(=O)N2CCC(N3CCc4ccccc4NC3=O)CC2)C(=O)N=C=C=CN=C=C=N)c1. The fourth-order valence-electron chi connectivity index (χ4n) is 4.81. The van der Waals surface area contributed by atoms with Gasteiger partial charge in [0.2, 0.25) is 0 Å². The van der Waals surface area contributed by atoms with Crippen molar-refractivity contribution in [2.24, 2.45) is 9.98 Å². The zero-order valence-electron chi connectivity index (χ0n) is 22.2. The van der Waals surface area contributed by atoms with Crippen LogP contribution in [-0.4, -0.2) is 77.2 Å². The van der Waals surface area contributed by atoms with E-state index in [1.807, 2.05) is 66.2 Å². The summed E-state index contributed by atoms with van der Waals surface area (Å²) in [5.41, 5.74) is 6.23. The summed E-state index contributed by atoms with van der Waals surface area (Å²) in [5, 5.41) is 9.71. The van der Waals surface area contributed by atoms with Crippen LogP contribution in [0.15, 0.2) is 70.4 Å². The fourth-order valence-corrected chi connectivity index (χ4v) is 4.81. The molecular formula is C30H30N6O4. The minimum atomic E-state index is -1.15. The maximum atomic E-state index is 13.1. The maximum absolute atomic E-state index is 13.1. The van der Waals surface area contributed by atoms with Crippen LogP contribution in [0.5, 0.6) is 0 Å². The second kappa shape index (κ2) is 13.7. The Balaban J connectivity index is 1.39. The normalized spacial score (nSPS) is 15.5. The van der Waals surface area contributed by atoms with Crippen LogP contribution in [0.2, 0.25) is 0 Å². The first kappa shape index (κ1) is 28.1. The molecule has 10 heteroatoms. The first-order chi connectivity index (χ1) is 19.4. The maximum Gasteiger partial charge on any atom is 0.410 e. The molecule has 1 fully saturated rings. The highest BCUT2D eigenvalue weighted by Gasteiger charge is 2.33. The van der Waals surface area contributed by atoms with Crippen molar-refractivity contribution < 1.29 is 19.1 Å². The number of rotatable bonds is 6. The van der Waals surface area contributed by atoms with Crippen molar-refractivity contribution in [2.75, 3.05) is 25.0 Å². The van der Waals surface area contributed by atoms with E-state index in [9.17, 15) is 14.4 Å². The predicted octanol–water partition coefficient (Wildman–Crippen LogP) is 3.94. The third-order valence-corrected chi connectivity index (χ3v) is 6.81. The van der Waals surface area contributed by atoms with E-state index in [0.717, 1.165) is 35.0 Å². The van der Waals surface area contributed by atoms with Gasteiger partial charge < -0.3 is 19.9 Å². The van der Waals surface area contributed by atoms with Gasteiger partial charge in [0.15, 0.2) is 6.10 Å². The minimum Gasteiger partial charge on any atom is -0.435 e. The number of benzene rings is 2. The van der Waals surface area contributed by atoms with Crippen molar-refractivity contribution in [3.05, 3.63) is 77.2 Å². The highest BCUT2D eigenvalue weighted by molar-refractivity contribution is 5.91. The van der Waals surface area contributed by atoms with E-state index in [2.05, 4.69) is 32.8 Å². The van der Waals surface area contributed by atoms with E-state index in [-0.39, 0.29) is 18.5 Å². The molecule has 0 aromatic heterocycles. The van der Waals surface area contributed by atoms with Crippen LogP contribution < -0.4 is 5.32 Å². The number of aliphatic imine (C=N–C) groups is 2. The molecule has 40 heavy (non-hydrogen) atoms. The molecule has 1 atom stereocenters. The largest absolute Gasteiger partial charge is 0.435 e. The van der Waals surface area contributed by atoms with Crippen LogP contribution in [0.3, 0.4) is 0 Å². The van der Waals surface area contributed by atoms with Gasteiger partial charge in [0.1, 0.15) is 0 Å². The summed E-state index contributed by atoms with van der Waals surface area (Å²) < 4.78 is 5.66. The van der Waals surface area contributed by atoms with Crippen LogP contribution in [-0.2, 0) is 22.4 Å². The lowest BCUT2D eigenvalue weighted by Gasteiger charge is -2.37. The molecule has 2 heterocycles. The molecule has 2 N–H and O–H groups in total. The van der Waals surface area contributed by atoms with Gasteiger partial charge in [-0.3, -0.25) is 4.79 Å². The molecule has 2 aliphatic rings. The second-order valence-corrected chi connectivity index (χ2v) is 9.52. The number of nitrogens with one attached hydrogen (secondary N) is 2. The van der Waals surface area contributed by atoms with Gasteiger partial charge in [-0.05, 0) is 49.1 Å². The number of nitrogens with zero attached hydrogens (tertiary/aromatic N) is 4. The fraction of sp³-hybridized carbons (Fsp3) is 0.333. The van der Waals surface area contributed by atoms with Gasteiger partial charge in [-0.15, -0.1) is 0 Å². The summed E-state index contributed by atoms with van der Waals surface area (Å²) in [5.74, 6) is 5.65. The summed E-state index contributed by atoms with van der Waals surface area (Å²) in [7, 11) is 0. The molecular weight excluding hydrogens is 508 g/mol. The Morgan fingerprint density at radius 3 is 2.73 bits per heavy atom. The van der Waals surface area contributed by atoms with Crippen molar-refractivity contribution in [2.45, 2.75) is 44.8 Å². The van der Waals surface area contributed by atoms with E-state index in [4.69, 9.17) is 10.1 Å². The zero-order chi connectivity index (χ0) is 28.3. The summed E-state index contributed by atoms with van der Waals surface area (Å²) in [6.07, 6.45) is 1.50. The summed E-state index contributed by atoms with van der Waals surface area (Å²) >= 11 is 0. The number of amides is 4. The lowest BCUT2D eigenvalue weighted by molar-refractivity contribution is -0.126. The number of hydrogen-bond donors (Lipinski definition) is 2. The van der Waals surface area contributed by atoms with Gasteiger partial charge in [-0.2, -0.15) is 9.98 Å². The molecule has 2 aliphatic heterocycles. The van der Waals surface area contributed by atoms with Gasteiger partial charge in [0, 0.05) is 43.7 Å². The highest BCUT2D eigenvalue weighted by Crippen LogP contribution is 2.25. The van der Waals surface area contributed by atoms with Crippen LogP contribution in [0, 0.1) is 12.3 Å². The Morgan fingerprint density at radius 2 is 1.95 bits per heavy atom. The Kier molecular flexibility index (Phi) is 9.62. The molecule has 1 saturated heterocycles. The summed E-state index contributed by atoms with van der Waals surface area (Å²) in [6, 6.07) is 15.2. The molecule has 0 saturated carbocycles. The number of aryl methyl sites for hydroxylation is 1. The average molecular weight is 539 g/mol. The van der Waals surface area contributed by atoms with Gasteiger partial charge in [-0.25, -0.2) is 15.0 Å². The standard InChI is InChI=1S/C30H30N6O4/c1-22-6-4-7-23(20-22)21-27(28(37)33-15-5-14-32-16-13-31)40-30(39)35-17-11-25(12-18-35)36-19-10-24-8-2-3-9-26(24)34-29(36)38/h2-4,6-9,14,20,25,27,31H,10-12,17-19,21H2,1H3,(H,34,38)/t27-/m1/s1. The molecule has 0 aliphatic carbocycles. The number of anilines is 1. The smallest absolute Gasteiger partial charge is 0.410 e. The van der Waals surface area contributed by atoms with E-state index in [0.29, 0.717) is 32.5 Å². The van der Waals surface area contributed by atoms with E-state index < -0.39 is 18.1 Å². The number of piperidine rings is 1. The predicted molar refractivity (Wildman–Crippen MR) is 151 cm³/mol. The average Bonchev–Trinajstić information content (AvgIpc) is 3.12. The van der Waals surface area contributed by atoms with E-state index in [1.165, 1.54) is 0 Å². The van der Waals surface area contributed by atoms with Gasteiger partial charge >= 0.3 is 12.1 Å². The Morgan fingerprint density at radius 1 is 1.15 bits per heavy atom. The number of likely N-dealkylation sites (tertiary alicyclic amines) is 1. The Labute approximate surface area is 232 Å². The van der Waals surface area contributed by atoms with Gasteiger partial charge in [0.05, 0.1) is 17.9 Å². The number of ether oxygens (including phenoxy) is 1. The van der Waals surface area contributed by atoms with Crippen molar-refractivity contribution in [1.82, 2.24) is 9.80 Å². The number of hydrogen-bond acceptors (Lipinski definition) is 6. The van der Waals surface area contributed by atoms with Crippen molar-refractivity contribution in [1.29, 1.82) is 5.41 Å². The third-order valence-electron chi connectivity index (χ3n) is 6.81. The molecule has 2 aromatic carbocycles. The molecule has 4 rings (SSSR count). The molecule has 4 amide bonds. The van der Waals surface area contributed by atoms with Crippen LogP contribution >= 0.6 is 0 Å². The lowest BCUT2D eigenvalue weighted by Crippen LogP contribution is -2.50. The topological polar surface area (TPSA) is 128 Å². The molecule has 2 aromatic rings. The summed E-state index contributed by atoms with van der Waals surface area (Å²) in [6.45, 7) is 3.34. The van der Waals surface area contributed by atoms with Crippen LogP contribution in [0.25, 0.3) is 0 Å². The molecule has 0 unspecified atom stereocenters. The molecule has 0 radical (unpaired) electrons. The highest BCUT2D eigenvalue weighted by atomic mass is 16.6. The van der Waals surface area contributed by atoms with E-state index >= 15 is 0 Å². The zero-order valence-corrected chi connectivity index (χ0v) is 22.2. The lowest BCUT2D eigenvalue weighted by atomic mass is 10.0. The Hall–Kier alpha value is -4.96. The first-order valence-electron chi connectivity index (χ1n) is 13.0. The molecule has 10 nitrogen and oxygen atoms in total. The quantitative estimate of drug-likeness (QED) is 0.427. The molecule has 0 bridgehead atoms. The van der Waals surface area contributed by atoms with E-state index in [1.54, 1.807) is 4.90 Å². The van der Waals surface area contributed by atoms with Crippen molar-refractivity contribution in [3.63, 3.8) is 0 Å². The molecule has 204 valence electrons. The Bertz CT molecular complexity index is 1450. The minimum absolute atomic E-state index is 0.00485. The van der Waals surface area contributed by atoms with Crippen molar-refractivity contribution in [3.8, 4) is 0 Å².